The molecule has 0 bridgehead atoms. The summed E-state index contributed by atoms with van der Waals surface area (Å²) in [6, 6.07) is 17.2. The summed E-state index contributed by atoms with van der Waals surface area (Å²) in [7, 11) is -2.81. The van der Waals surface area contributed by atoms with Crippen LogP contribution in [0.1, 0.15) is 50.2 Å². The van der Waals surface area contributed by atoms with E-state index in [1.807, 2.05) is 13.8 Å². The molecule has 230 valence electrons. The molecular weight excluding hydrogens is 609 g/mol. The molecule has 1 atom stereocenters. The highest BCUT2D eigenvalue weighted by Crippen LogP contribution is 2.33. The van der Waals surface area contributed by atoms with E-state index in [1.54, 1.807) is 54.6 Å². The van der Waals surface area contributed by atoms with Gasteiger partial charge in [0.15, 0.2) is 0 Å². The average molecular weight is 647 g/mol. The lowest BCUT2D eigenvalue weighted by molar-refractivity contribution is -0.140. The molecule has 11 heteroatoms. The van der Waals surface area contributed by atoms with Crippen molar-refractivity contribution in [2.45, 2.75) is 69.5 Å². The van der Waals surface area contributed by atoms with Gasteiger partial charge in [-0.15, -0.1) is 0 Å². The van der Waals surface area contributed by atoms with E-state index in [9.17, 15) is 18.0 Å². The predicted molar refractivity (Wildman–Crippen MR) is 170 cm³/mol. The molecule has 0 spiro atoms. The van der Waals surface area contributed by atoms with Crippen molar-refractivity contribution in [2.24, 2.45) is 0 Å². The van der Waals surface area contributed by atoms with Gasteiger partial charge in [0.25, 0.3) is 10.0 Å². The van der Waals surface area contributed by atoms with E-state index in [2.05, 4.69) is 5.32 Å². The topological polar surface area (TPSA) is 96.0 Å². The second-order valence-electron chi connectivity index (χ2n) is 10.6. The number of para-hydroxylation sites is 2. The van der Waals surface area contributed by atoms with E-state index in [-0.39, 0.29) is 34.8 Å². The molecule has 8 nitrogen and oxygen atoms in total. The maximum Gasteiger partial charge on any atom is 0.264 e. The second kappa shape index (κ2) is 14.5. The number of aryl methyl sites for hydroxylation is 1. The third kappa shape index (κ3) is 7.63. The third-order valence-corrected chi connectivity index (χ3v) is 10.2. The molecule has 2 amide bonds. The number of methoxy groups -OCH3 is 1. The van der Waals surface area contributed by atoms with Gasteiger partial charge >= 0.3 is 0 Å². The van der Waals surface area contributed by atoms with Gasteiger partial charge in [0, 0.05) is 28.2 Å². The van der Waals surface area contributed by atoms with Gasteiger partial charge in [0.2, 0.25) is 11.8 Å². The van der Waals surface area contributed by atoms with Crippen LogP contribution in [0.2, 0.25) is 10.0 Å². The van der Waals surface area contributed by atoms with E-state index < -0.39 is 28.5 Å². The Morgan fingerprint density at radius 2 is 1.60 bits per heavy atom. The number of halogens is 2. The van der Waals surface area contributed by atoms with Crippen LogP contribution in [0.25, 0.3) is 0 Å². The lowest BCUT2D eigenvalue weighted by atomic mass is 10.1. The van der Waals surface area contributed by atoms with Gasteiger partial charge in [-0.05, 0) is 62.6 Å². The number of hydrogen-bond acceptors (Lipinski definition) is 5. The summed E-state index contributed by atoms with van der Waals surface area (Å²) in [4.78, 5) is 29.4. The Morgan fingerprint density at radius 3 is 2.21 bits per heavy atom. The lowest BCUT2D eigenvalue weighted by Gasteiger charge is -2.34. The molecular formula is C32H37Cl2N3O5S. The van der Waals surface area contributed by atoms with Crippen molar-refractivity contribution >= 4 is 50.7 Å². The van der Waals surface area contributed by atoms with Crippen LogP contribution in [0.5, 0.6) is 5.75 Å². The SMILES string of the molecule is CCC(C(=O)NC1CCCC1)N(Cc1c(Cl)cccc1Cl)C(=O)CN(c1ccccc1OC)S(=O)(=O)c1ccc(C)cc1. The van der Waals surface area contributed by atoms with Gasteiger partial charge in [-0.3, -0.25) is 13.9 Å². The molecule has 1 N–H and O–H groups in total. The van der Waals surface area contributed by atoms with Crippen LogP contribution in [0, 0.1) is 6.92 Å². The van der Waals surface area contributed by atoms with E-state index >= 15 is 0 Å². The Morgan fingerprint density at radius 1 is 0.977 bits per heavy atom. The largest absolute Gasteiger partial charge is 0.495 e. The number of nitrogens with one attached hydrogen (secondary N) is 1. The summed E-state index contributed by atoms with van der Waals surface area (Å²) in [6.45, 7) is 3.00. The van der Waals surface area contributed by atoms with Crippen LogP contribution in [0.3, 0.4) is 0 Å². The number of amides is 2. The highest BCUT2D eigenvalue weighted by Gasteiger charge is 2.36. The molecule has 3 aromatic rings. The van der Waals surface area contributed by atoms with Crippen LogP contribution in [-0.2, 0) is 26.2 Å². The van der Waals surface area contributed by atoms with Crippen molar-refractivity contribution < 1.29 is 22.7 Å². The van der Waals surface area contributed by atoms with Crippen LogP contribution < -0.4 is 14.4 Å². The molecule has 1 aliphatic carbocycles. The number of nitrogens with zero attached hydrogens (tertiary/aromatic N) is 2. The number of carbonyl (C=O) groups excluding carboxylic acids is 2. The third-order valence-electron chi connectivity index (χ3n) is 7.72. The van der Waals surface area contributed by atoms with Crippen molar-refractivity contribution in [1.82, 2.24) is 10.2 Å². The van der Waals surface area contributed by atoms with Gasteiger partial charge in [-0.1, -0.05) is 78.9 Å². The first-order chi connectivity index (χ1) is 20.6. The van der Waals surface area contributed by atoms with Crippen molar-refractivity contribution in [3.8, 4) is 5.75 Å². The molecule has 1 saturated carbocycles. The van der Waals surface area contributed by atoms with E-state index in [0.717, 1.165) is 35.6 Å². The molecule has 4 rings (SSSR count). The smallest absolute Gasteiger partial charge is 0.264 e. The normalized spacial score (nSPS) is 14.3. The van der Waals surface area contributed by atoms with Gasteiger partial charge in [0.05, 0.1) is 17.7 Å². The minimum absolute atomic E-state index is 0.0172. The number of carbonyl (C=O) groups is 2. The molecule has 0 saturated heterocycles. The molecule has 1 fully saturated rings. The summed E-state index contributed by atoms with van der Waals surface area (Å²) in [5, 5.41) is 3.77. The zero-order chi connectivity index (χ0) is 31.1. The Kier molecular flexibility index (Phi) is 11.0. The summed E-state index contributed by atoms with van der Waals surface area (Å²) in [6.07, 6.45) is 4.12. The summed E-state index contributed by atoms with van der Waals surface area (Å²) >= 11 is 13.0. The highest BCUT2D eigenvalue weighted by molar-refractivity contribution is 7.92. The standard InChI is InChI=1S/C32H37Cl2N3O5S/c1-4-28(32(39)35-23-10-5-6-11-23)36(20-25-26(33)12-9-13-27(25)34)31(38)21-37(29-14-7-8-15-30(29)42-3)43(40,41)24-18-16-22(2)17-19-24/h7-9,12-19,23,28H,4-6,10-11,20-21H2,1-3H3,(H,35,39). The molecule has 43 heavy (non-hydrogen) atoms. The fourth-order valence-electron chi connectivity index (χ4n) is 5.33. The second-order valence-corrected chi connectivity index (χ2v) is 13.3. The number of sulfonamides is 1. The number of benzene rings is 3. The molecule has 1 aliphatic rings. The van der Waals surface area contributed by atoms with E-state index in [1.165, 1.54) is 24.1 Å². The maximum absolute atomic E-state index is 14.3. The zero-order valence-electron chi connectivity index (χ0n) is 24.6. The van der Waals surface area contributed by atoms with Gasteiger partial charge in [-0.2, -0.15) is 0 Å². The minimum atomic E-state index is -4.24. The summed E-state index contributed by atoms with van der Waals surface area (Å²) in [5.41, 5.74) is 1.55. The Bertz CT molecular complexity index is 1520. The van der Waals surface area contributed by atoms with Crippen LogP contribution in [-0.4, -0.2) is 50.9 Å². The molecule has 0 radical (unpaired) electrons. The Hall–Kier alpha value is -3.27. The van der Waals surface area contributed by atoms with Gasteiger partial charge < -0.3 is 15.0 Å². The summed E-state index contributed by atoms with van der Waals surface area (Å²) < 4.78 is 34.8. The van der Waals surface area contributed by atoms with Crippen LogP contribution in [0.15, 0.2) is 71.6 Å². The summed E-state index contributed by atoms with van der Waals surface area (Å²) in [5.74, 6) is -0.611. The fraction of sp³-hybridized carbons (Fsp3) is 0.375. The first kappa shape index (κ1) is 32.6. The lowest BCUT2D eigenvalue weighted by Crippen LogP contribution is -2.53. The quantitative estimate of drug-likeness (QED) is 0.247. The highest BCUT2D eigenvalue weighted by atomic mass is 35.5. The molecule has 3 aromatic carbocycles. The Balaban J connectivity index is 1.77. The number of rotatable bonds is 12. The molecule has 0 aromatic heterocycles. The number of anilines is 1. The van der Waals surface area contributed by atoms with E-state index in [4.69, 9.17) is 27.9 Å². The number of ether oxygens (including phenoxy) is 1. The van der Waals surface area contributed by atoms with Crippen molar-refractivity contribution in [2.75, 3.05) is 18.0 Å². The average Bonchev–Trinajstić information content (AvgIpc) is 3.50. The fourth-order valence-corrected chi connectivity index (χ4v) is 7.27. The Labute approximate surface area is 264 Å². The number of hydrogen-bond donors (Lipinski definition) is 1. The van der Waals surface area contributed by atoms with E-state index in [0.29, 0.717) is 22.0 Å². The maximum atomic E-state index is 14.3. The van der Waals surface area contributed by atoms with Crippen molar-refractivity contribution in [1.29, 1.82) is 0 Å². The van der Waals surface area contributed by atoms with Crippen molar-refractivity contribution in [3.63, 3.8) is 0 Å². The van der Waals surface area contributed by atoms with Gasteiger partial charge in [-0.25, -0.2) is 8.42 Å². The first-order valence-electron chi connectivity index (χ1n) is 14.3. The zero-order valence-corrected chi connectivity index (χ0v) is 26.9. The first-order valence-corrected chi connectivity index (χ1v) is 16.5. The minimum Gasteiger partial charge on any atom is -0.495 e. The van der Waals surface area contributed by atoms with Crippen molar-refractivity contribution in [3.05, 3.63) is 87.9 Å². The predicted octanol–water partition coefficient (Wildman–Crippen LogP) is 6.37. The monoisotopic (exact) mass is 645 g/mol. The molecule has 1 unspecified atom stereocenters. The van der Waals surface area contributed by atoms with Crippen LogP contribution >= 0.6 is 23.2 Å². The van der Waals surface area contributed by atoms with Gasteiger partial charge in [0.1, 0.15) is 18.3 Å². The van der Waals surface area contributed by atoms with Crippen LogP contribution in [0.4, 0.5) is 5.69 Å². The molecule has 0 heterocycles. The molecule has 0 aliphatic heterocycles.